The van der Waals surface area contributed by atoms with Crippen molar-refractivity contribution in [2.24, 2.45) is 0 Å². The molecule has 0 aliphatic heterocycles. The van der Waals surface area contributed by atoms with Gasteiger partial charge in [-0.2, -0.15) is 0 Å². The van der Waals surface area contributed by atoms with Gasteiger partial charge in [0, 0.05) is 11.4 Å². The molecule has 0 aliphatic carbocycles. The zero-order valence-electron chi connectivity index (χ0n) is 11.9. The van der Waals surface area contributed by atoms with Crippen LogP contribution in [0.3, 0.4) is 0 Å². The van der Waals surface area contributed by atoms with Crippen LogP contribution in [0.5, 0.6) is 0 Å². The quantitative estimate of drug-likeness (QED) is 0.821. The fourth-order valence-corrected chi connectivity index (χ4v) is 3.90. The zero-order chi connectivity index (χ0) is 15.3. The molecule has 1 heterocycles. The van der Waals surface area contributed by atoms with Crippen molar-refractivity contribution in [2.75, 3.05) is 6.54 Å². The van der Waals surface area contributed by atoms with Gasteiger partial charge < -0.3 is 5.11 Å². The number of nitrogens with one attached hydrogen (secondary N) is 1. The maximum absolute atomic E-state index is 12.2. The molecule has 0 fully saturated rings. The topological polar surface area (TPSA) is 66.4 Å². The maximum Gasteiger partial charge on any atom is 0.240 e. The summed E-state index contributed by atoms with van der Waals surface area (Å²) in [6, 6.07) is 8.83. The lowest BCUT2D eigenvalue weighted by molar-refractivity contribution is 0.280. The fraction of sp³-hybridized carbons (Fsp3) is 0.333. The molecule has 2 N–H and O–H groups in total. The summed E-state index contributed by atoms with van der Waals surface area (Å²) in [4.78, 5) is 1.35. The molecular formula is C15H19NO3S2. The molecule has 4 nitrogen and oxygen atoms in total. The van der Waals surface area contributed by atoms with Gasteiger partial charge in [-0.1, -0.05) is 19.1 Å². The molecule has 6 heteroatoms. The van der Waals surface area contributed by atoms with Gasteiger partial charge in [-0.25, -0.2) is 13.1 Å². The highest BCUT2D eigenvalue weighted by Gasteiger charge is 2.15. The third-order valence-corrected chi connectivity index (χ3v) is 5.68. The molecule has 1 aromatic heterocycles. The lowest BCUT2D eigenvalue weighted by Gasteiger charge is -2.10. The lowest BCUT2D eigenvalue weighted by atomic mass is 10.1. The van der Waals surface area contributed by atoms with E-state index in [2.05, 4.69) is 4.72 Å². The molecule has 0 saturated heterocycles. The first kappa shape index (κ1) is 16.2. The van der Waals surface area contributed by atoms with Crippen LogP contribution in [0.4, 0.5) is 0 Å². The summed E-state index contributed by atoms with van der Waals surface area (Å²) in [5.74, 6) is 0. The van der Waals surface area contributed by atoms with E-state index in [1.54, 1.807) is 29.5 Å². The molecule has 21 heavy (non-hydrogen) atoms. The van der Waals surface area contributed by atoms with Crippen LogP contribution in [0.1, 0.15) is 22.9 Å². The third-order valence-electron chi connectivity index (χ3n) is 3.28. The Balaban J connectivity index is 2.08. The van der Waals surface area contributed by atoms with Gasteiger partial charge in [-0.05, 0) is 47.5 Å². The minimum absolute atomic E-state index is 0.151. The highest BCUT2D eigenvalue weighted by Crippen LogP contribution is 2.17. The summed E-state index contributed by atoms with van der Waals surface area (Å²) in [6.45, 7) is 2.19. The van der Waals surface area contributed by atoms with Crippen molar-refractivity contribution in [1.82, 2.24) is 4.72 Å². The summed E-state index contributed by atoms with van der Waals surface area (Å²) in [6.07, 6.45) is 1.44. The Morgan fingerprint density at radius 1 is 1.24 bits per heavy atom. The van der Waals surface area contributed by atoms with E-state index >= 15 is 0 Å². The summed E-state index contributed by atoms with van der Waals surface area (Å²) >= 11 is 1.61. The summed E-state index contributed by atoms with van der Waals surface area (Å²) < 4.78 is 27.1. The Bertz CT molecular complexity index is 679. The molecule has 0 atom stereocenters. The zero-order valence-corrected chi connectivity index (χ0v) is 13.5. The SMILES string of the molecule is CCc1ccc(S(=O)(=O)NCCc2cccs2)cc1CO. The number of aryl methyl sites for hydroxylation is 1. The standard InChI is InChI=1S/C15H19NO3S2/c1-2-12-5-6-15(10-13(12)11-17)21(18,19)16-8-7-14-4-3-9-20-14/h3-6,9-10,16-17H,2,7-8,11H2,1H3. The first-order valence-corrected chi connectivity index (χ1v) is 9.18. The summed E-state index contributed by atoms with van der Waals surface area (Å²) in [5, 5.41) is 11.3. The number of benzene rings is 1. The largest absolute Gasteiger partial charge is 0.392 e. The van der Waals surface area contributed by atoms with Gasteiger partial charge in [-0.15, -0.1) is 11.3 Å². The van der Waals surface area contributed by atoms with Crippen molar-refractivity contribution in [3.05, 3.63) is 51.7 Å². The van der Waals surface area contributed by atoms with E-state index < -0.39 is 10.0 Å². The molecule has 0 saturated carbocycles. The van der Waals surface area contributed by atoms with Crippen molar-refractivity contribution >= 4 is 21.4 Å². The molecule has 0 unspecified atom stereocenters. The van der Waals surface area contributed by atoms with Crippen LogP contribution in [-0.2, 0) is 29.5 Å². The van der Waals surface area contributed by atoms with Crippen molar-refractivity contribution in [3.8, 4) is 0 Å². The van der Waals surface area contributed by atoms with E-state index in [1.165, 1.54) is 0 Å². The van der Waals surface area contributed by atoms with Crippen LogP contribution in [0.25, 0.3) is 0 Å². The predicted molar refractivity (Wildman–Crippen MR) is 85.0 cm³/mol. The molecule has 0 amide bonds. The lowest BCUT2D eigenvalue weighted by Crippen LogP contribution is -2.26. The fourth-order valence-electron chi connectivity index (χ4n) is 2.11. The first-order valence-electron chi connectivity index (χ1n) is 6.81. The highest BCUT2D eigenvalue weighted by atomic mass is 32.2. The van der Waals surface area contributed by atoms with Crippen LogP contribution >= 0.6 is 11.3 Å². The first-order chi connectivity index (χ1) is 10.1. The van der Waals surface area contributed by atoms with Gasteiger partial charge in [-0.3, -0.25) is 0 Å². The Kier molecular flexibility index (Phi) is 5.52. The molecule has 0 aliphatic rings. The monoisotopic (exact) mass is 325 g/mol. The average molecular weight is 325 g/mol. The Hall–Kier alpha value is -1.21. The molecule has 0 bridgehead atoms. The summed E-state index contributed by atoms with van der Waals surface area (Å²) in [7, 11) is -3.53. The number of rotatable bonds is 7. The number of aliphatic hydroxyl groups is 1. The van der Waals surface area contributed by atoms with Crippen LogP contribution < -0.4 is 4.72 Å². The third kappa shape index (κ3) is 4.14. The van der Waals surface area contributed by atoms with E-state index in [0.29, 0.717) is 18.5 Å². The van der Waals surface area contributed by atoms with Crippen LogP contribution in [-0.4, -0.2) is 20.1 Å². The second-order valence-electron chi connectivity index (χ2n) is 4.67. The molecule has 2 aromatic rings. The van der Waals surface area contributed by atoms with Gasteiger partial charge in [0.05, 0.1) is 11.5 Å². The van der Waals surface area contributed by atoms with Gasteiger partial charge in [0.15, 0.2) is 0 Å². The second kappa shape index (κ2) is 7.17. The van der Waals surface area contributed by atoms with E-state index in [1.807, 2.05) is 24.4 Å². The minimum atomic E-state index is -3.53. The molecule has 2 rings (SSSR count). The van der Waals surface area contributed by atoms with E-state index in [9.17, 15) is 13.5 Å². The smallest absolute Gasteiger partial charge is 0.240 e. The maximum atomic E-state index is 12.2. The van der Waals surface area contributed by atoms with E-state index in [4.69, 9.17) is 0 Å². The number of sulfonamides is 1. The Labute approximate surface area is 129 Å². The van der Waals surface area contributed by atoms with Gasteiger partial charge in [0.25, 0.3) is 0 Å². The van der Waals surface area contributed by atoms with Crippen LogP contribution in [0, 0.1) is 0 Å². The number of hydrogen-bond acceptors (Lipinski definition) is 4. The van der Waals surface area contributed by atoms with E-state index in [-0.39, 0.29) is 11.5 Å². The molecule has 1 aromatic carbocycles. The van der Waals surface area contributed by atoms with Gasteiger partial charge in [0.2, 0.25) is 10.0 Å². The average Bonchev–Trinajstić information content (AvgIpc) is 2.99. The Morgan fingerprint density at radius 2 is 2.05 bits per heavy atom. The van der Waals surface area contributed by atoms with Gasteiger partial charge >= 0.3 is 0 Å². The Morgan fingerprint density at radius 3 is 2.67 bits per heavy atom. The normalized spacial score (nSPS) is 11.7. The van der Waals surface area contributed by atoms with Crippen molar-refractivity contribution < 1.29 is 13.5 Å². The van der Waals surface area contributed by atoms with Crippen LogP contribution in [0.15, 0.2) is 40.6 Å². The molecular weight excluding hydrogens is 306 g/mol. The minimum Gasteiger partial charge on any atom is -0.392 e. The molecule has 0 radical (unpaired) electrons. The second-order valence-corrected chi connectivity index (χ2v) is 7.47. The van der Waals surface area contributed by atoms with Crippen molar-refractivity contribution in [1.29, 1.82) is 0 Å². The van der Waals surface area contributed by atoms with Crippen molar-refractivity contribution in [2.45, 2.75) is 31.3 Å². The predicted octanol–water partition coefficient (Wildman–Crippen LogP) is 2.32. The van der Waals surface area contributed by atoms with E-state index in [0.717, 1.165) is 16.9 Å². The highest BCUT2D eigenvalue weighted by molar-refractivity contribution is 7.89. The van der Waals surface area contributed by atoms with Crippen LogP contribution in [0.2, 0.25) is 0 Å². The number of aliphatic hydroxyl groups excluding tert-OH is 1. The molecule has 114 valence electrons. The number of thiophene rings is 1. The summed E-state index contributed by atoms with van der Waals surface area (Å²) in [5.41, 5.74) is 1.63. The van der Waals surface area contributed by atoms with Crippen molar-refractivity contribution in [3.63, 3.8) is 0 Å². The molecule has 0 spiro atoms. The van der Waals surface area contributed by atoms with Gasteiger partial charge in [0.1, 0.15) is 0 Å². The number of hydrogen-bond donors (Lipinski definition) is 2.